The second-order valence-electron chi connectivity index (χ2n) is 7.20. The van der Waals surface area contributed by atoms with E-state index in [1.54, 1.807) is 13.4 Å². The van der Waals surface area contributed by atoms with E-state index in [9.17, 15) is 4.79 Å². The van der Waals surface area contributed by atoms with Gasteiger partial charge in [0.15, 0.2) is 0 Å². The van der Waals surface area contributed by atoms with Gasteiger partial charge in [-0.05, 0) is 41.5 Å². The average Bonchev–Trinajstić information content (AvgIpc) is 3.41. The highest BCUT2D eigenvalue weighted by molar-refractivity contribution is 5.95. The molecule has 0 fully saturated rings. The molecule has 0 aliphatic carbocycles. The predicted molar refractivity (Wildman–Crippen MR) is 104 cm³/mol. The van der Waals surface area contributed by atoms with Crippen LogP contribution in [0.3, 0.4) is 0 Å². The number of hydrogen-bond donors (Lipinski definition) is 1. The Balaban J connectivity index is 1.47. The third kappa shape index (κ3) is 2.81. The largest absolute Gasteiger partial charge is 0.497 e. The van der Waals surface area contributed by atoms with Crippen molar-refractivity contribution < 1.29 is 14.3 Å². The molecule has 1 aromatic heterocycles. The maximum Gasteiger partial charge on any atom is 0.254 e. The van der Waals surface area contributed by atoms with Crippen LogP contribution in [0, 0.1) is 0 Å². The number of imidazole rings is 1. The summed E-state index contributed by atoms with van der Waals surface area (Å²) in [5.41, 5.74) is 4.88. The normalized spacial score (nSPS) is 17.6. The molecule has 2 aromatic carbocycles. The van der Waals surface area contributed by atoms with E-state index in [4.69, 9.17) is 9.47 Å². The number of amides is 1. The van der Waals surface area contributed by atoms with Crippen LogP contribution in [0.25, 0.3) is 0 Å². The number of carbonyl (C=O) groups excluding carboxylic acids is 1. The minimum Gasteiger partial charge on any atom is -0.497 e. The van der Waals surface area contributed by atoms with Crippen molar-refractivity contribution in [2.75, 3.05) is 20.3 Å². The van der Waals surface area contributed by atoms with E-state index >= 15 is 0 Å². The number of hydrogen-bond acceptors (Lipinski definition) is 4. The Morgan fingerprint density at radius 3 is 3.11 bits per heavy atom. The molecule has 3 aromatic rings. The van der Waals surface area contributed by atoms with Crippen molar-refractivity contribution in [1.29, 1.82) is 0 Å². The van der Waals surface area contributed by atoms with Crippen LogP contribution >= 0.6 is 0 Å². The number of methoxy groups -OCH3 is 1. The van der Waals surface area contributed by atoms with Gasteiger partial charge in [0.1, 0.15) is 11.5 Å². The molecule has 2 aliphatic rings. The standard InChI is InChI=1S/C22H21N3O3/c1-27-17-4-2-3-14(10-17)18-11-25(12-19-21(18)24-13-23-19)22(26)16-5-6-20-15(9-16)7-8-28-20/h2-6,9-10,13,18H,7-8,11-12H2,1H3,(H,23,24). The number of nitrogens with one attached hydrogen (secondary N) is 1. The van der Waals surface area contributed by atoms with Gasteiger partial charge in [-0.1, -0.05) is 12.1 Å². The van der Waals surface area contributed by atoms with Crippen LogP contribution in [0.1, 0.15) is 38.8 Å². The molecule has 0 bridgehead atoms. The maximum absolute atomic E-state index is 13.3. The van der Waals surface area contributed by atoms with Gasteiger partial charge in [-0.15, -0.1) is 0 Å². The first-order chi connectivity index (χ1) is 13.7. The molecule has 0 saturated carbocycles. The Kier molecular flexibility index (Phi) is 4.04. The number of fused-ring (bicyclic) bond motifs is 2. The van der Waals surface area contributed by atoms with Crippen LogP contribution in [0.5, 0.6) is 11.5 Å². The summed E-state index contributed by atoms with van der Waals surface area (Å²) in [5, 5.41) is 0. The third-order valence-electron chi connectivity index (χ3n) is 5.55. The number of aromatic amines is 1. The first kappa shape index (κ1) is 16.9. The topological polar surface area (TPSA) is 67.4 Å². The summed E-state index contributed by atoms with van der Waals surface area (Å²) in [6, 6.07) is 13.7. The Bertz CT molecular complexity index is 1040. The number of carbonyl (C=O) groups is 1. The van der Waals surface area contributed by atoms with Gasteiger partial charge in [0, 0.05) is 24.4 Å². The lowest BCUT2D eigenvalue weighted by Crippen LogP contribution is -2.38. The second-order valence-corrected chi connectivity index (χ2v) is 7.20. The van der Waals surface area contributed by atoms with Gasteiger partial charge in [-0.3, -0.25) is 4.79 Å². The summed E-state index contributed by atoms with van der Waals surface area (Å²) in [6.45, 7) is 1.80. The van der Waals surface area contributed by atoms with Crippen LogP contribution in [0.2, 0.25) is 0 Å². The van der Waals surface area contributed by atoms with Crippen molar-refractivity contribution in [3.63, 3.8) is 0 Å². The highest BCUT2D eigenvalue weighted by Gasteiger charge is 2.32. The van der Waals surface area contributed by atoms with Crippen molar-refractivity contribution >= 4 is 5.91 Å². The lowest BCUT2D eigenvalue weighted by atomic mass is 9.90. The van der Waals surface area contributed by atoms with Crippen LogP contribution < -0.4 is 9.47 Å². The van der Waals surface area contributed by atoms with Crippen LogP contribution in [-0.4, -0.2) is 41.0 Å². The summed E-state index contributed by atoms with van der Waals surface area (Å²) in [6.07, 6.45) is 2.56. The number of rotatable bonds is 3. The van der Waals surface area contributed by atoms with E-state index in [0.717, 1.165) is 40.4 Å². The molecule has 0 spiro atoms. The molecule has 142 valence electrons. The van der Waals surface area contributed by atoms with E-state index in [1.807, 2.05) is 41.3 Å². The number of benzene rings is 2. The summed E-state index contributed by atoms with van der Waals surface area (Å²) < 4.78 is 10.9. The SMILES string of the molecule is COc1cccc(C2CN(C(=O)c3ccc4c(c3)CCO4)Cc3[nH]cnc32)c1. The number of ether oxygens (including phenoxy) is 2. The Labute approximate surface area is 163 Å². The van der Waals surface area contributed by atoms with E-state index in [1.165, 1.54) is 0 Å². The van der Waals surface area contributed by atoms with Gasteiger partial charge in [0.2, 0.25) is 0 Å². The number of aromatic nitrogens is 2. The molecular formula is C22H21N3O3. The van der Waals surface area contributed by atoms with Gasteiger partial charge in [-0.25, -0.2) is 4.98 Å². The molecule has 5 rings (SSSR count). The van der Waals surface area contributed by atoms with Crippen molar-refractivity contribution in [1.82, 2.24) is 14.9 Å². The highest BCUT2D eigenvalue weighted by atomic mass is 16.5. The van der Waals surface area contributed by atoms with Crippen molar-refractivity contribution in [2.45, 2.75) is 18.9 Å². The minimum absolute atomic E-state index is 0.00631. The molecule has 1 atom stereocenters. The first-order valence-corrected chi connectivity index (χ1v) is 9.44. The Hall–Kier alpha value is -3.28. The van der Waals surface area contributed by atoms with Gasteiger partial charge in [0.25, 0.3) is 5.91 Å². The minimum atomic E-state index is 0.00631. The summed E-state index contributed by atoms with van der Waals surface area (Å²) >= 11 is 0. The van der Waals surface area contributed by atoms with Gasteiger partial charge >= 0.3 is 0 Å². The van der Waals surface area contributed by atoms with Gasteiger partial charge in [-0.2, -0.15) is 0 Å². The zero-order chi connectivity index (χ0) is 19.1. The molecule has 1 N–H and O–H groups in total. The van der Waals surface area contributed by atoms with Gasteiger partial charge < -0.3 is 19.4 Å². The maximum atomic E-state index is 13.3. The zero-order valence-electron chi connectivity index (χ0n) is 15.6. The molecule has 3 heterocycles. The second kappa shape index (κ2) is 6.71. The molecule has 2 aliphatic heterocycles. The third-order valence-corrected chi connectivity index (χ3v) is 5.55. The predicted octanol–water partition coefficient (Wildman–Crippen LogP) is 3.14. The molecular weight excluding hydrogens is 354 g/mol. The lowest BCUT2D eigenvalue weighted by Gasteiger charge is -2.32. The van der Waals surface area contributed by atoms with Crippen LogP contribution in [0.4, 0.5) is 0 Å². The molecule has 1 amide bonds. The molecule has 6 nitrogen and oxygen atoms in total. The quantitative estimate of drug-likeness (QED) is 0.764. The van der Waals surface area contributed by atoms with Crippen LogP contribution in [0.15, 0.2) is 48.8 Å². The fourth-order valence-corrected chi connectivity index (χ4v) is 4.10. The summed E-state index contributed by atoms with van der Waals surface area (Å²) in [5.74, 6) is 1.73. The molecule has 28 heavy (non-hydrogen) atoms. The van der Waals surface area contributed by atoms with E-state index in [-0.39, 0.29) is 11.8 Å². The van der Waals surface area contributed by atoms with E-state index in [0.29, 0.717) is 25.3 Å². The fourth-order valence-electron chi connectivity index (χ4n) is 4.10. The lowest BCUT2D eigenvalue weighted by molar-refractivity contribution is 0.0722. The number of nitrogens with zero attached hydrogens (tertiary/aromatic N) is 2. The van der Waals surface area contributed by atoms with Crippen molar-refractivity contribution in [3.05, 3.63) is 76.9 Å². The molecule has 0 saturated heterocycles. The zero-order valence-corrected chi connectivity index (χ0v) is 15.6. The number of H-pyrrole nitrogens is 1. The fraction of sp³-hybridized carbons (Fsp3) is 0.273. The Morgan fingerprint density at radius 1 is 1.29 bits per heavy atom. The first-order valence-electron chi connectivity index (χ1n) is 9.44. The van der Waals surface area contributed by atoms with E-state index < -0.39 is 0 Å². The highest BCUT2D eigenvalue weighted by Crippen LogP contribution is 2.34. The molecule has 0 radical (unpaired) electrons. The van der Waals surface area contributed by atoms with E-state index in [2.05, 4.69) is 16.0 Å². The monoisotopic (exact) mass is 375 g/mol. The average molecular weight is 375 g/mol. The van der Waals surface area contributed by atoms with Crippen LogP contribution in [-0.2, 0) is 13.0 Å². The Morgan fingerprint density at radius 2 is 2.21 bits per heavy atom. The molecule has 6 heteroatoms. The summed E-state index contributed by atoms with van der Waals surface area (Å²) in [4.78, 5) is 22.9. The van der Waals surface area contributed by atoms with Gasteiger partial charge in [0.05, 0.1) is 38.0 Å². The molecule has 1 unspecified atom stereocenters. The van der Waals surface area contributed by atoms with Crippen molar-refractivity contribution in [3.8, 4) is 11.5 Å². The summed E-state index contributed by atoms with van der Waals surface area (Å²) in [7, 11) is 1.66. The smallest absolute Gasteiger partial charge is 0.254 e. The van der Waals surface area contributed by atoms with Crippen molar-refractivity contribution in [2.24, 2.45) is 0 Å².